The molecule has 0 bridgehead atoms. The SMILES string of the molecule is Cc1cc(C)cc(Nc2ncnc(Nc3cc(C)on3)c2[N+](=O)[O-])c1. The summed E-state index contributed by atoms with van der Waals surface area (Å²) < 4.78 is 4.95. The molecule has 2 aromatic heterocycles. The van der Waals surface area contributed by atoms with Gasteiger partial charge < -0.3 is 15.2 Å². The van der Waals surface area contributed by atoms with Crippen molar-refractivity contribution in [3.05, 3.63) is 57.6 Å². The van der Waals surface area contributed by atoms with Crippen LogP contribution in [0.1, 0.15) is 16.9 Å². The van der Waals surface area contributed by atoms with Gasteiger partial charge in [-0.2, -0.15) is 0 Å². The van der Waals surface area contributed by atoms with Gasteiger partial charge in [0.15, 0.2) is 5.82 Å². The fourth-order valence-corrected chi connectivity index (χ4v) is 2.46. The van der Waals surface area contributed by atoms with Crippen LogP contribution < -0.4 is 10.6 Å². The smallest absolute Gasteiger partial charge is 0.353 e. The first-order valence-corrected chi connectivity index (χ1v) is 7.47. The van der Waals surface area contributed by atoms with Crippen LogP contribution in [0.3, 0.4) is 0 Å². The zero-order valence-corrected chi connectivity index (χ0v) is 13.9. The van der Waals surface area contributed by atoms with Crippen LogP contribution in [0.4, 0.5) is 28.8 Å². The van der Waals surface area contributed by atoms with Crippen LogP contribution in [0.2, 0.25) is 0 Å². The Kier molecular flexibility index (Phi) is 4.29. The molecule has 0 unspecified atom stereocenters. The molecular weight excluding hydrogens is 324 g/mol. The minimum atomic E-state index is -0.541. The number of benzene rings is 1. The van der Waals surface area contributed by atoms with E-state index in [1.54, 1.807) is 13.0 Å². The average molecular weight is 340 g/mol. The van der Waals surface area contributed by atoms with Gasteiger partial charge in [-0.1, -0.05) is 11.2 Å². The Morgan fingerprint density at radius 3 is 2.20 bits per heavy atom. The van der Waals surface area contributed by atoms with E-state index < -0.39 is 4.92 Å². The highest BCUT2D eigenvalue weighted by Gasteiger charge is 2.24. The predicted octanol–water partition coefficient (Wildman–Crippen LogP) is 3.79. The number of nitro groups is 1. The van der Waals surface area contributed by atoms with E-state index in [1.165, 1.54) is 6.33 Å². The second kappa shape index (κ2) is 6.56. The molecule has 0 aliphatic heterocycles. The van der Waals surface area contributed by atoms with Gasteiger partial charge in [0.2, 0.25) is 11.6 Å². The van der Waals surface area contributed by atoms with Gasteiger partial charge >= 0.3 is 5.69 Å². The molecule has 0 aliphatic carbocycles. The quantitative estimate of drug-likeness (QED) is 0.532. The van der Waals surface area contributed by atoms with Crippen molar-refractivity contribution < 1.29 is 9.45 Å². The van der Waals surface area contributed by atoms with Crippen LogP contribution in [0, 0.1) is 30.9 Å². The summed E-state index contributed by atoms with van der Waals surface area (Å²) in [6.07, 6.45) is 1.24. The van der Waals surface area contributed by atoms with E-state index >= 15 is 0 Å². The summed E-state index contributed by atoms with van der Waals surface area (Å²) in [6, 6.07) is 7.39. The molecule has 0 radical (unpaired) electrons. The highest BCUT2D eigenvalue weighted by Crippen LogP contribution is 2.33. The lowest BCUT2D eigenvalue weighted by Gasteiger charge is -2.10. The Labute approximate surface area is 143 Å². The molecule has 25 heavy (non-hydrogen) atoms. The number of rotatable bonds is 5. The molecule has 0 atom stereocenters. The molecule has 9 heteroatoms. The zero-order valence-electron chi connectivity index (χ0n) is 13.9. The molecule has 0 aliphatic rings. The summed E-state index contributed by atoms with van der Waals surface area (Å²) in [6.45, 7) is 5.62. The first kappa shape index (κ1) is 16.4. The second-order valence-electron chi connectivity index (χ2n) is 5.63. The molecule has 2 heterocycles. The number of nitrogens with one attached hydrogen (secondary N) is 2. The normalized spacial score (nSPS) is 10.5. The molecule has 0 amide bonds. The Balaban J connectivity index is 1.98. The van der Waals surface area contributed by atoms with Gasteiger partial charge in [0.1, 0.15) is 12.1 Å². The minimum Gasteiger partial charge on any atom is -0.360 e. The van der Waals surface area contributed by atoms with Gasteiger partial charge in [-0.05, 0) is 44.0 Å². The van der Waals surface area contributed by atoms with E-state index in [2.05, 4.69) is 25.8 Å². The monoisotopic (exact) mass is 340 g/mol. The maximum atomic E-state index is 11.6. The van der Waals surface area contributed by atoms with E-state index in [1.807, 2.05) is 32.0 Å². The van der Waals surface area contributed by atoms with Crippen LogP contribution in [0.15, 0.2) is 35.1 Å². The van der Waals surface area contributed by atoms with Gasteiger partial charge in [0.25, 0.3) is 0 Å². The molecule has 0 saturated carbocycles. The average Bonchev–Trinajstić information content (AvgIpc) is 2.91. The molecule has 0 saturated heterocycles. The molecule has 3 aromatic rings. The highest BCUT2D eigenvalue weighted by atomic mass is 16.6. The van der Waals surface area contributed by atoms with Crippen molar-refractivity contribution in [3.63, 3.8) is 0 Å². The zero-order chi connectivity index (χ0) is 18.0. The summed E-state index contributed by atoms with van der Waals surface area (Å²) in [5, 5.41) is 21.1. The lowest BCUT2D eigenvalue weighted by Crippen LogP contribution is -2.05. The number of hydrogen-bond donors (Lipinski definition) is 2. The van der Waals surface area contributed by atoms with Crippen LogP contribution in [-0.4, -0.2) is 20.0 Å². The third kappa shape index (κ3) is 3.71. The maximum Gasteiger partial charge on any atom is 0.353 e. The highest BCUT2D eigenvalue weighted by molar-refractivity contribution is 5.76. The third-order valence-electron chi connectivity index (χ3n) is 3.36. The Morgan fingerprint density at radius 1 is 1.00 bits per heavy atom. The topological polar surface area (TPSA) is 119 Å². The van der Waals surface area contributed by atoms with Crippen molar-refractivity contribution in [1.29, 1.82) is 0 Å². The van der Waals surface area contributed by atoms with Gasteiger partial charge in [-0.25, -0.2) is 9.97 Å². The third-order valence-corrected chi connectivity index (χ3v) is 3.36. The number of aryl methyl sites for hydroxylation is 3. The summed E-state index contributed by atoms with van der Waals surface area (Å²) in [4.78, 5) is 19.0. The standard InChI is InChI=1S/C16H16N6O3/c1-9-4-10(2)6-12(5-9)19-15-14(22(23)24)16(18-8-17-15)20-13-7-11(3)25-21-13/h4-8H,1-3H3,(H2,17,18,19,20,21). The molecule has 3 rings (SSSR count). The Hall–Kier alpha value is -3.49. The van der Waals surface area contributed by atoms with Crippen molar-refractivity contribution in [3.8, 4) is 0 Å². The summed E-state index contributed by atoms with van der Waals surface area (Å²) >= 11 is 0. The number of aromatic nitrogens is 3. The largest absolute Gasteiger partial charge is 0.360 e. The van der Waals surface area contributed by atoms with Gasteiger partial charge in [-0.15, -0.1) is 0 Å². The minimum absolute atomic E-state index is 0.0279. The predicted molar refractivity (Wildman–Crippen MR) is 92.4 cm³/mol. The molecule has 1 aromatic carbocycles. The molecule has 128 valence electrons. The number of hydrogen-bond acceptors (Lipinski definition) is 8. The van der Waals surface area contributed by atoms with Crippen LogP contribution in [-0.2, 0) is 0 Å². The van der Waals surface area contributed by atoms with E-state index in [4.69, 9.17) is 4.52 Å². The van der Waals surface area contributed by atoms with Crippen LogP contribution in [0.25, 0.3) is 0 Å². The Bertz CT molecular complexity index is 917. The second-order valence-corrected chi connectivity index (χ2v) is 5.63. The van der Waals surface area contributed by atoms with E-state index in [-0.39, 0.29) is 17.3 Å². The first-order chi connectivity index (χ1) is 11.9. The van der Waals surface area contributed by atoms with Gasteiger partial charge in [0.05, 0.1) is 4.92 Å². The summed E-state index contributed by atoms with van der Waals surface area (Å²) in [7, 11) is 0. The van der Waals surface area contributed by atoms with E-state index in [0.717, 1.165) is 11.1 Å². The molecule has 0 spiro atoms. The van der Waals surface area contributed by atoms with E-state index in [0.29, 0.717) is 17.3 Å². The van der Waals surface area contributed by atoms with Crippen molar-refractivity contribution in [2.75, 3.05) is 10.6 Å². The summed E-state index contributed by atoms with van der Waals surface area (Å²) in [5.41, 5.74) is 2.51. The molecular formula is C16H16N6O3. The lowest BCUT2D eigenvalue weighted by atomic mass is 10.1. The summed E-state index contributed by atoms with van der Waals surface area (Å²) in [5.74, 6) is 1.03. The van der Waals surface area contributed by atoms with Crippen LogP contribution in [0.5, 0.6) is 0 Å². The first-order valence-electron chi connectivity index (χ1n) is 7.47. The maximum absolute atomic E-state index is 11.6. The van der Waals surface area contributed by atoms with Crippen molar-refractivity contribution in [2.24, 2.45) is 0 Å². The van der Waals surface area contributed by atoms with Gasteiger partial charge in [0, 0.05) is 11.8 Å². The lowest BCUT2D eigenvalue weighted by molar-refractivity contribution is -0.383. The van der Waals surface area contributed by atoms with Crippen molar-refractivity contribution in [2.45, 2.75) is 20.8 Å². The Morgan fingerprint density at radius 2 is 1.64 bits per heavy atom. The molecule has 9 nitrogen and oxygen atoms in total. The number of anilines is 4. The van der Waals surface area contributed by atoms with Crippen molar-refractivity contribution >= 4 is 28.8 Å². The number of nitrogens with zero attached hydrogens (tertiary/aromatic N) is 4. The molecule has 2 N–H and O–H groups in total. The van der Waals surface area contributed by atoms with E-state index in [9.17, 15) is 10.1 Å². The van der Waals surface area contributed by atoms with Crippen molar-refractivity contribution in [1.82, 2.24) is 15.1 Å². The fourth-order valence-electron chi connectivity index (χ4n) is 2.46. The van der Waals surface area contributed by atoms with Gasteiger partial charge in [-0.3, -0.25) is 10.1 Å². The van der Waals surface area contributed by atoms with Crippen LogP contribution >= 0.6 is 0 Å². The fraction of sp³-hybridized carbons (Fsp3) is 0.188. The molecule has 0 fully saturated rings.